The molecule has 0 saturated carbocycles. The van der Waals surface area contributed by atoms with Crippen LogP contribution in [0.4, 0.5) is 0 Å². The summed E-state index contributed by atoms with van der Waals surface area (Å²) in [5, 5.41) is -0.00208. The molecule has 0 radical (unpaired) electrons. The first-order chi connectivity index (χ1) is 9.03. The van der Waals surface area contributed by atoms with Gasteiger partial charge in [-0.3, -0.25) is 0 Å². The molecule has 0 unspecified atom stereocenters. The van der Waals surface area contributed by atoms with Gasteiger partial charge in [0, 0.05) is 16.2 Å². The van der Waals surface area contributed by atoms with Gasteiger partial charge >= 0.3 is 8.56 Å². The molecule has 0 amide bonds. The Morgan fingerprint density at radius 2 is 1.65 bits per heavy atom. The maximum Gasteiger partial charge on any atom is 0.350 e. The van der Waals surface area contributed by atoms with E-state index in [1.165, 1.54) is 0 Å². The van der Waals surface area contributed by atoms with Crippen LogP contribution in [0.1, 0.15) is 61.3 Å². The highest BCUT2D eigenvalue weighted by Gasteiger charge is 2.59. The van der Waals surface area contributed by atoms with Crippen molar-refractivity contribution in [1.29, 1.82) is 0 Å². The molecule has 1 aliphatic rings. The molecule has 0 bridgehead atoms. The van der Waals surface area contributed by atoms with E-state index in [1.807, 2.05) is 6.08 Å². The summed E-state index contributed by atoms with van der Waals surface area (Å²) >= 11 is 0. The lowest BCUT2D eigenvalue weighted by Crippen LogP contribution is -2.59. The third kappa shape index (κ3) is 3.63. The van der Waals surface area contributed by atoms with Gasteiger partial charge in [-0.25, -0.2) is 0 Å². The third-order valence-electron chi connectivity index (χ3n) is 3.94. The molecule has 2 nitrogen and oxygen atoms in total. The first kappa shape index (κ1) is 17.7. The zero-order valence-corrected chi connectivity index (χ0v) is 15.3. The van der Waals surface area contributed by atoms with Gasteiger partial charge in [0.2, 0.25) is 0 Å². The van der Waals surface area contributed by atoms with Crippen LogP contribution in [0, 0.1) is 0 Å². The zero-order chi connectivity index (χ0) is 15.6. The first-order valence-corrected chi connectivity index (χ1v) is 9.50. The molecule has 0 aromatic heterocycles. The van der Waals surface area contributed by atoms with Crippen LogP contribution in [0.5, 0.6) is 0 Å². The second-order valence-corrected chi connectivity index (χ2v) is 12.6. The second-order valence-electron chi connectivity index (χ2n) is 7.87. The summed E-state index contributed by atoms with van der Waals surface area (Å²) in [6, 6.07) is 0. The average Bonchev–Trinajstić information content (AvgIpc) is 2.36. The molecule has 3 heteroatoms. The molecule has 1 aliphatic heterocycles. The minimum Gasteiger partial charge on any atom is -0.391 e. The molecular formula is C17H32O2Si. The largest absolute Gasteiger partial charge is 0.391 e. The summed E-state index contributed by atoms with van der Waals surface area (Å²) in [6.07, 6.45) is 8.47. The molecule has 20 heavy (non-hydrogen) atoms. The predicted octanol–water partition coefficient (Wildman–Crippen LogP) is 5.36. The van der Waals surface area contributed by atoms with E-state index in [-0.39, 0.29) is 22.3 Å². The molecule has 0 aromatic rings. The molecule has 116 valence electrons. The fourth-order valence-corrected chi connectivity index (χ4v) is 8.08. The van der Waals surface area contributed by atoms with Crippen LogP contribution >= 0.6 is 0 Å². The lowest BCUT2D eigenvalue weighted by molar-refractivity contribution is 0.0789. The van der Waals surface area contributed by atoms with Gasteiger partial charge in [0.15, 0.2) is 0 Å². The number of rotatable bonds is 1. The Morgan fingerprint density at radius 3 is 2.10 bits per heavy atom. The van der Waals surface area contributed by atoms with E-state index in [0.29, 0.717) is 0 Å². The minimum atomic E-state index is -2.47. The topological polar surface area (TPSA) is 18.5 Å². The van der Waals surface area contributed by atoms with Gasteiger partial charge < -0.3 is 8.85 Å². The van der Waals surface area contributed by atoms with Crippen molar-refractivity contribution in [2.75, 3.05) is 0 Å². The maximum atomic E-state index is 6.65. The molecule has 1 heterocycles. The molecule has 0 N–H and O–H groups in total. The van der Waals surface area contributed by atoms with Crippen molar-refractivity contribution in [3.63, 3.8) is 0 Å². The third-order valence-corrected chi connectivity index (χ3v) is 9.23. The summed E-state index contributed by atoms with van der Waals surface area (Å²) in [4.78, 5) is 0. The van der Waals surface area contributed by atoms with Crippen molar-refractivity contribution >= 4 is 8.56 Å². The van der Waals surface area contributed by atoms with E-state index in [2.05, 4.69) is 67.2 Å². The van der Waals surface area contributed by atoms with E-state index < -0.39 is 8.56 Å². The summed E-state index contributed by atoms with van der Waals surface area (Å²) < 4.78 is 13.3. The Kier molecular flexibility index (Phi) is 5.44. The summed E-state index contributed by atoms with van der Waals surface area (Å²) in [5.74, 6) is 0. The lowest BCUT2D eigenvalue weighted by atomic mass is 10.2. The standard InChI is InChI=1S/C17H32O2Si/c1-9-15-13-11-10-12-14(2)18-20(19-15,16(3,4)5)17(6,7)8/h9,11,13-15H,1,10,12H2,2-8H3/b13-11-/t14-,15-/m0/s1. The first-order valence-electron chi connectivity index (χ1n) is 7.68. The summed E-state index contributed by atoms with van der Waals surface area (Å²) in [6.45, 7) is 19.6. The van der Waals surface area contributed by atoms with Crippen LogP contribution in [-0.2, 0) is 8.85 Å². The smallest absolute Gasteiger partial charge is 0.350 e. The van der Waals surface area contributed by atoms with Crippen LogP contribution in [0.25, 0.3) is 0 Å². The molecule has 0 spiro atoms. The molecule has 1 rings (SSSR count). The van der Waals surface area contributed by atoms with E-state index in [9.17, 15) is 0 Å². The highest BCUT2D eigenvalue weighted by Crippen LogP contribution is 2.53. The Hall–Kier alpha value is -0.383. The van der Waals surface area contributed by atoms with E-state index in [4.69, 9.17) is 8.85 Å². The van der Waals surface area contributed by atoms with Crippen LogP contribution in [0.3, 0.4) is 0 Å². The summed E-state index contributed by atoms with van der Waals surface area (Å²) in [5.41, 5.74) is 0. The molecule has 2 atom stereocenters. The Labute approximate surface area is 126 Å². The van der Waals surface area contributed by atoms with Gasteiger partial charge in [-0.2, -0.15) is 0 Å². The number of hydrogen-bond donors (Lipinski definition) is 0. The monoisotopic (exact) mass is 296 g/mol. The van der Waals surface area contributed by atoms with Gasteiger partial charge in [0.1, 0.15) is 0 Å². The van der Waals surface area contributed by atoms with Gasteiger partial charge in [-0.15, -0.1) is 6.58 Å². The predicted molar refractivity (Wildman–Crippen MR) is 89.2 cm³/mol. The van der Waals surface area contributed by atoms with E-state index in [1.54, 1.807) is 0 Å². The SMILES string of the molecule is C=C[C@H]1/C=C\CC[C@H](C)O[Si](C(C)(C)C)(C(C)(C)C)O1. The normalized spacial score (nSPS) is 29.9. The number of hydrogen-bond acceptors (Lipinski definition) is 2. The second kappa shape index (κ2) is 6.16. The van der Waals surface area contributed by atoms with Crippen LogP contribution in [0.15, 0.2) is 24.8 Å². The average molecular weight is 297 g/mol. The van der Waals surface area contributed by atoms with Gasteiger partial charge in [0.25, 0.3) is 0 Å². The molecule has 0 aromatic carbocycles. The Morgan fingerprint density at radius 1 is 1.10 bits per heavy atom. The zero-order valence-electron chi connectivity index (χ0n) is 14.3. The maximum absolute atomic E-state index is 6.65. The van der Waals surface area contributed by atoms with Crippen molar-refractivity contribution in [3.8, 4) is 0 Å². The fourth-order valence-electron chi connectivity index (χ4n) is 3.12. The van der Waals surface area contributed by atoms with Gasteiger partial charge in [0.05, 0.1) is 6.10 Å². The summed E-state index contributed by atoms with van der Waals surface area (Å²) in [7, 11) is -2.47. The Bertz CT molecular complexity index is 346. The number of allylic oxidation sites excluding steroid dienone is 1. The molecular weight excluding hydrogens is 264 g/mol. The van der Waals surface area contributed by atoms with Crippen LogP contribution in [-0.4, -0.2) is 20.8 Å². The Balaban J connectivity index is 3.33. The molecule has 0 aliphatic carbocycles. The lowest BCUT2D eigenvalue weighted by Gasteiger charge is -2.51. The minimum absolute atomic E-state index is 0.00104. The van der Waals surface area contributed by atoms with E-state index >= 15 is 0 Å². The highest BCUT2D eigenvalue weighted by molar-refractivity contribution is 6.73. The van der Waals surface area contributed by atoms with E-state index in [0.717, 1.165) is 12.8 Å². The van der Waals surface area contributed by atoms with Crippen LogP contribution < -0.4 is 0 Å². The fraction of sp³-hybridized carbons (Fsp3) is 0.765. The van der Waals surface area contributed by atoms with Gasteiger partial charge in [-0.1, -0.05) is 59.8 Å². The van der Waals surface area contributed by atoms with Crippen molar-refractivity contribution in [1.82, 2.24) is 0 Å². The highest BCUT2D eigenvalue weighted by atomic mass is 28.4. The van der Waals surface area contributed by atoms with Gasteiger partial charge in [-0.05, 0) is 19.8 Å². The van der Waals surface area contributed by atoms with Crippen molar-refractivity contribution in [3.05, 3.63) is 24.8 Å². The van der Waals surface area contributed by atoms with Crippen molar-refractivity contribution in [2.45, 2.75) is 83.6 Å². The quantitative estimate of drug-likeness (QED) is 0.479. The molecule has 0 saturated heterocycles. The van der Waals surface area contributed by atoms with Crippen molar-refractivity contribution < 1.29 is 8.85 Å². The van der Waals surface area contributed by atoms with Crippen LogP contribution in [0.2, 0.25) is 10.1 Å². The van der Waals surface area contributed by atoms with Crippen molar-refractivity contribution in [2.24, 2.45) is 0 Å². The molecule has 0 fully saturated rings.